The minimum Gasteiger partial charge on any atom is -0.376 e. The zero-order valence-corrected chi connectivity index (χ0v) is 18.8. The van der Waals surface area contributed by atoms with Gasteiger partial charge in [0.1, 0.15) is 0 Å². The van der Waals surface area contributed by atoms with Gasteiger partial charge in [0.2, 0.25) is 5.91 Å². The Hall–Kier alpha value is -1.65. The van der Waals surface area contributed by atoms with Gasteiger partial charge in [0.15, 0.2) is 9.84 Å². The number of anilines is 1. The van der Waals surface area contributed by atoms with Crippen molar-refractivity contribution in [3.05, 3.63) is 11.4 Å². The van der Waals surface area contributed by atoms with Crippen LogP contribution in [0.3, 0.4) is 0 Å². The molecule has 10 heteroatoms. The highest BCUT2D eigenvalue weighted by molar-refractivity contribution is 7.91. The van der Waals surface area contributed by atoms with Gasteiger partial charge in [-0.1, -0.05) is 0 Å². The van der Waals surface area contributed by atoms with Crippen molar-refractivity contribution in [3.63, 3.8) is 0 Å². The van der Waals surface area contributed by atoms with Crippen LogP contribution in [0, 0.1) is 13.8 Å². The molecule has 0 unspecified atom stereocenters. The Morgan fingerprint density at radius 1 is 1.20 bits per heavy atom. The fourth-order valence-electron chi connectivity index (χ4n) is 4.86. The number of hydrogen-bond acceptors (Lipinski definition) is 7. The lowest BCUT2D eigenvalue weighted by molar-refractivity contribution is -0.122. The molecule has 3 fully saturated rings. The molecule has 0 radical (unpaired) electrons. The maximum atomic E-state index is 12.2. The Morgan fingerprint density at radius 3 is 2.60 bits per heavy atom. The van der Waals surface area contributed by atoms with E-state index in [4.69, 9.17) is 4.74 Å². The molecule has 1 aromatic heterocycles. The molecule has 0 aliphatic carbocycles. The van der Waals surface area contributed by atoms with E-state index in [0.29, 0.717) is 19.5 Å². The third-order valence-corrected chi connectivity index (χ3v) is 8.20. The van der Waals surface area contributed by atoms with E-state index >= 15 is 0 Å². The number of hydrogen-bond donors (Lipinski definition) is 1. The number of carbonyl (C=O) groups is 1. The molecule has 0 bridgehead atoms. The second kappa shape index (κ2) is 8.84. The average molecular weight is 440 g/mol. The van der Waals surface area contributed by atoms with Gasteiger partial charge in [-0.2, -0.15) is 5.10 Å². The van der Waals surface area contributed by atoms with Crippen molar-refractivity contribution in [1.29, 1.82) is 0 Å². The van der Waals surface area contributed by atoms with Crippen molar-refractivity contribution in [2.24, 2.45) is 0 Å². The molecule has 4 heterocycles. The molecule has 0 spiro atoms. The van der Waals surface area contributed by atoms with Crippen LogP contribution in [0.2, 0.25) is 0 Å². The van der Waals surface area contributed by atoms with Crippen LogP contribution in [0.1, 0.15) is 36.7 Å². The molecule has 3 aliphatic rings. The number of nitrogens with zero attached hydrogens (tertiary/aromatic N) is 4. The first-order chi connectivity index (χ1) is 14.3. The Kier molecular flexibility index (Phi) is 6.36. The molecular weight excluding hydrogens is 406 g/mol. The van der Waals surface area contributed by atoms with Crippen LogP contribution in [0.25, 0.3) is 0 Å². The van der Waals surface area contributed by atoms with Crippen LogP contribution in [0.4, 0.5) is 5.69 Å². The molecule has 1 amide bonds. The highest BCUT2D eigenvalue weighted by Gasteiger charge is 2.32. The van der Waals surface area contributed by atoms with Gasteiger partial charge in [-0.05, 0) is 33.1 Å². The highest BCUT2D eigenvalue weighted by atomic mass is 32.2. The van der Waals surface area contributed by atoms with Crippen LogP contribution in [-0.2, 0) is 19.4 Å². The summed E-state index contributed by atoms with van der Waals surface area (Å²) < 4.78 is 31.2. The number of piperazine rings is 1. The summed E-state index contributed by atoms with van der Waals surface area (Å²) in [5, 5.41) is 7.68. The Bertz CT molecular complexity index is 870. The van der Waals surface area contributed by atoms with Crippen molar-refractivity contribution in [1.82, 2.24) is 20.0 Å². The number of ether oxygens (including phenoxy) is 1. The lowest BCUT2D eigenvalue weighted by Crippen LogP contribution is -2.50. The molecule has 0 aromatic carbocycles. The summed E-state index contributed by atoms with van der Waals surface area (Å²) in [6, 6.07) is -0.0590. The fourth-order valence-corrected chi connectivity index (χ4v) is 6.55. The minimum atomic E-state index is -2.94. The summed E-state index contributed by atoms with van der Waals surface area (Å²) in [7, 11) is -2.94. The van der Waals surface area contributed by atoms with Crippen LogP contribution in [0.15, 0.2) is 0 Å². The third kappa shape index (κ3) is 4.81. The SMILES string of the molecule is Cc1nn([C@@H]2CCS(=O)(=O)C2)c(C)c1N1CCN(CC(=O)NC[C@H]2CCCO2)CC1. The molecule has 2 atom stereocenters. The number of rotatable bonds is 6. The quantitative estimate of drug-likeness (QED) is 0.680. The van der Waals surface area contributed by atoms with Crippen molar-refractivity contribution < 1.29 is 17.9 Å². The molecule has 3 aliphatic heterocycles. The van der Waals surface area contributed by atoms with Crippen LogP contribution < -0.4 is 10.2 Å². The molecule has 4 rings (SSSR count). The number of aryl methyl sites for hydroxylation is 1. The number of amides is 1. The average Bonchev–Trinajstić information content (AvgIpc) is 3.41. The summed E-state index contributed by atoms with van der Waals surface area (Å²) in [5.41, 5.74) is 3.10. The van der Waals surface area contributed by atoms with E-state index in [0.717, 1.165) is 62.7 Å². The zero-order chi connectivity index (χ0) is 21.3. The molecule has 1 N–H and O–H groups in total. The predicted molar refractivity (Wildman–Crippen MR) is 115 cm³/mol. The van der Waals surface area contributed by atoms with Crippen LogP contribution >= 0.6 is 0 Å². The molecule has 3 saturated heterocycles. The molecule has 9 nitrogen and oxygen atoms in total. The first-order valence-electron chi connectivity index (χ1n) is 10.9. The van der Waals surface area contributed by atoms with E-state index < -0.39 is 9.84 Å². The van der Waals surface area contributed by atoms with E-state index in [1.807, 2.05) is 18.5 Å². The molecular formula is C20H33N5O4S. The molecule has 0 saturated carbocycles. The fraction of sp³-hybridized carbons (Fsp3) is 0.800. The van der Waals surface area contributed by atoms with Crippen molar-refractivity contribution >= 4 is 21.4 Å². The van der Waals surface area contributed by atoms with Crippen LogP contribution in [-0.4, -0.2) is 92.5 Å². The van der Waals surface area contributed by atoms with Gasteiger partial charge in [-0.3, -0.25) is 14.4 Å². The van der Waals surface area contributed by atoms with E-state index in [9.17, 15) is 13.2 Å². The lowest BCUT2D eigenvalue weighted by Gasteiger charge is -2.36. The Morgan fingerprint density at radius 2 is 1.97 bits per heavy atom. The third-order valence-electron chi connectivity index (χ3n) is 6.45. The monoisotopic (exact) mass is 439 g/mol. The van der Waals surface area contributed by atoms with Gasteiger partial charge in [-0.15, -0.1) is 0 Å². The van der Waals surface area contributed by atoms with Gasteiger partial charge >= 0.3 is 0 Å². The normalized spacial score (nSPS) is 26.9. The Labute approximate surface area is 178 Å². The van der Waals surface area contributed by atoms with Crippen molar-refractivity contribution in [3.8, 4) is 0 Å². The first-order valence-corrected chi connectivity index (χ1v) is 12.8. The van der Waals surface area contributed by atoms with E-state index in [2.05, 4.69) is 20.2 Å². The first kappa shape index (κ1) is 21.6. The topological polar surface area (TPSA) is 96.8 Å². The maximum Gasteiger partial charge on any atom is 0.234 e. The Balaban J connectivity index is 1.30. The van der Waals surface area contributed by atoms with E-state index in [1.54, 1.807) is 0 Å². The summed E-state index contributed by atoms with van der Waals surface area (Å²) in [5.74, 6) is 0.490. The minimum absolute atomic E-state index is 0.0570. The summed E-state index contributed by atoms with van der Waals surface area (Å²) in [6.45, 7) is 9.13. The van der Waals surface area contributed by atoms with Gasteiger partial charge in [0.05, 0.1) is 47.3 Å². The number of sulfone groups is 1. The van der Waals surface area contributed by atoms with E-state index in [-0.39, 0.29) is 29.6 Å². The lowest BCUT2D eigenvalue weighted by atomic mass is 10.2. The maximum absolute atomic E-state index is 12.2. The summed E-state index contributed by atoms with van der Waals surface area (Å²) in [6.07, 6.45) is 2.91. The largest absolute Gasteiger partial charge is 0.376 e. The van der Waals surface area contributed by atoms with Crippen molar-refractivity contribution in [2.75, 3.05) is 62.3 Å². The van der Waals surface area contributed by atoms with Gasteiger partial charge in [0, 0.05) is 39.3 Å². The van der Waals surface area contributed by atoms with E-state index in [1.165, 1.54) is 0 Å². The summed E-state index contributed by atoms with van der Waals surface area (Å²) >= 11 is 0. The zero-order valence-electron chi connectivity index (χ0n) is 18.0. The molecule has 30 heavy (non-hydrogen) atoms. The number of nitrogens with one attached hydrogen (secondary N) is 1. The smallest absolute Gasteiger partial charge is 0.234 e. The predicted octanol–water partition coefficient (Wildman–Crippen LogP) is 0.277. The van der Waals surface area contributed by atoms with Crippen molar-refractivity contribution in [2.45, 2.75) is 45.3 Å². The van der Waals surface area contributed by atoms with Crippen LogP contribution in [0.5, 0.6) is 0 Å². The van der Waals surface area contributed by atoms with Gasteiger partial charge in [0.25, 0.3) is 0 Å². The molecule has 168 valence electrons. The molecule has 1 aromatic rings. The number of aromatic nitrogens is 2. The standard InChI is InChI=1S/C20H33N5O4S/c1-15-20(16(2)25(22-15)17-5-11-30(27,28)14-17)24-8-6-23(7-9-24)13-19(26)21-12-18-4-3-10-29-18/h17-18H,3-14H2,1-2H3,(H,21,26)/t17-,18-/m1/s1. The van der Waals surface area contributed by atoms with Gasteiger partial charge in [-0.25, -0.2) is 8.42 Å². The summed E-state index contributed by atoms with van der Waals surface area (Å²) in [4.78, 5) is 16.7. The van der Waals surface area contributed by atoms with Gasteiger partial charge < -0.3 is 15.0 Å². The number of carbonyl (C=O) groups excluding carboxylic acids is 1. The highest BCUT2D eigenvalue weighted by Crippen LogP contribution is 2.31. The second-order valence-electron chi connectivity index (χ2n) is 8.72. The second-order valence-corrected chi connectivity index (χ2v) is 11.0.